The third-order valence-electron chi connectivity index (χ3n) is 2.45. The SMILES string of the molecule is COC(C)(C)CCOCC1(C)CO1. The van der Waals surface area contributed by atoms with Gasteiger partial charge in [0.05, 0.1) is 18.8 Å². The molecule has 1 rings (SSSR count). The number of hydrogen-bond acceptors (Lipinski definition) is 3. The van der Waals surface area contributed by atoms with Crippen LogP contribution in [-0.2, 0) is 14.2 Å². The van der Waals surface area contributed by atoms with Gasteiger partial charge in [-0.05, 0) is 27.2 Å². The molecule has 1 aliphatic rings. The Labute approximate surface area is 80.4 Å². The highest BCUT2D eigenvalue weighted by atomic mass is 16.6. The molecule has 0 bridgehead atoms. The van der Waals surface area contributed by atoms with E-state index in [1.807, 2.05) is 0 Å². The predicted octanol–water partition coefficient (Wildman–Crippen LogP) is 1.61. The molecule has 1 saturated heterocycles. The van der Waals surface area contributed by atoms with E-state index in [4.69, 9.17) is 14.2 Å². The molecule has 1 unspecified atom stereocenters. The monoisotopic (exact) mass is 188 g/mol. The number of epoxide rings is 1. The van der Waals surface area contributed by atoms with Gasteiger partial charge >= 0.3 is 0 Å². The summed E-state index contributed by atoms with van der Waals surface area (Å²) in [4.78, 5) is 0. The van der Waals surface area contributed by atoms with Crippen LogP contribution in [-0.4, -0.2) is 38.1 Å². The summed E-state index contributed by atoms with van der Waals surface area (Å²) in [6, 6.07) is 0. The summed E-state index contributed by atoms with van der Waals surface area (Å²) in [5.41, 5.74) is -0.0669. The molecule has 0 N–H and O–H groups in total. The number of rotatable bonds is 6. The third-order valence-corrected chi connectivity index (χ3v) is 2.45. The van der Waals surface area contributed by atoms with Crippen LogP contribution in [0.25, 0.3) is 0 Å². The van der Waals surface area contributed by atoms with Gasteiger partial charge in [0.2, 0.25) is 0 Å². The summed E-state index contributed by atoms with van der Waals surface area (Å²) in [7, 11) is 1.73. The van der Waals surface area contributed by atoms with Crippen molar-refractivity contribution in [1.29, 1.82) is 0 Å². The summed E-state index contributed by atoms with van der Waals surface area (Å²) >= 11 is 0. The molecule has 1 aliphatic heterocycles. The first-order valence-corrected chi connectivity index (χ1v) is 4.74. The zero-order valence-electron chi connectivity index (χ0n) is 9.05. The second-order valence-corrected chi connectivity index (χ2v) is 4.50. The molecule has 78 valence electrons. The molecule has 0 aromatic heterocycles. The third kappa shape index (κ3) is 4.07. The molecule has 0 radical (unpaired) electrons. The molecule has 1 heterocycles. The van der Waals surface area contributed by atoms with Crippen LogP contribution in [0, 0.1) is 0 Å². The first-order chi connectivity index (χ1) is 5.97. The van der Waals surface area contributed by atoms with Gasteiger partial charge in [-0.1, -0.05) is 0 Å². The molecule has 0 aromatic rings. The normalized spacial score (nSPS) is 27.7. The second-order valence-electron chi connectivity index (χ2n) is 4.50. The van der Waals surface area contributed by atoms with E-state index >= 15 is 0 Å². The van der Waals surface area contributed by atoms with E-state index in [1.165, 1.54) is 0 Å². The van der Waals surface area contributed by atoms with Crippen molar-refractivity contribution >= 4 is 0 Å². The summed E-state index contributed by atoms with van der Waals surface area (Å²) in [6.45, 7) is 8.46. The summed E-state index contributed by atoms with van der Waals surface area (Å²) in [5.74, 6) is 0. The molecule has 0 aromatic carbocycles. The Balaban J connectivity index is 2.00. The zero-order valence-corrected chi connectivity index (χ0v) is 9.05. The van der Waals surface area contributed by atoms with E-state index in [0.29, 0.717) is 6.61 Å². The highest BCUT2D eigenvalue weighted by Gasteiger charge is 2.39. The molecule has 1 atom stereocenters. The van der Waals surface area contributed by atoms with Crippen molar-refractivity contribution in [1.82, 2.24) is 0 Å². The lowest BCUT2D eigenvalue weighted by molar-refractivity contribution is -0.0157. The Bertz CT molecular complexity index is 162. The first kappa shape index (κ1) is 11.0. The lowest BCUT2D eigenvalue weighted by atomic mass is 10.1. The van der Waals surface area contributed by atoms with Crippen molar-refractivity contribution in [2.24, 2.45) is 0 Å². The van der Waals surface area contributed by atoms with Crippen LogP contribution < -0.4 is 0 Å². The molecular formula is C10H20O3. The van der Waals surface area contributed by atoms with Crippen molar-refractivity contribution < 1.29 is 14.2 Å². The van der Waals surface area contributed by atoms with Crippen LogP contribution in [0.15, 0.2) is 0 Å². The highest BCUT2D eigenvalue weighted by Crippen LogP contribution is 2.26. The Kier molecular flexibility index (Phi) is 3.33. The molecule has 0 aliphatic carbocycles. The Morgan fingerprint density at radius 1 is 1.46 bits per heavy atom. The van der Waals surface area contributed by atoms with Crippen LogP contribution in [0.4, 0.5) is 0 Å². The topological polar surface area (TPSA) is 31.0 Å². The average Bonchev–Trinajstić information content (AvgIpc) is 2.79. The van der Waals surface area contributed by atoms with Gasteiger partial charge in [-0.25, -0.2) is 0 Å². The van der Waals surface area contributed by atoms with Crippen molar-refractivity contribution in [3.05, 3.63) is 0 Å². The summed E-state index contributed by atoms with van der Waals surface area (Å²) < 4.78 is 16.0. The highest BCUT2D eigenvalue weighted by molar-refractivity contribution is 4.86. The van der Waals surface area contributed by atoms with E-state index in [-0.39, 0.29) is 11.2 Å². The summed E-state index contributed by atoms with van der Waals surface area (Å²) in [6.07, 6.45) is 0.916. The number of hydrogen-bond donors (Lipinski definition) is 0. The van der Waals surface area contributed by atoms with Gasteiger partial charge in [-0.15, -0.1) is 0 Å². The van der Waals surface area contributed by atoms with Gasteiger partial charge in [0.25, 0.3) is 0 Å². The van der Waals surface area contributed by atoms with Crippen LogP contribution >= 0.6 is 0 Å². The van der Waals surface area contributed by atoms with Gasteiger partial charge in [0, 0.05) is 13.7 Å². The molecule has 3 heteroatoms. The predicted molar refractivity (Wildman–Crippen MR) is 50.9 cm³/mol. The van der Waals surface area contributed by atoms with Gasteiger partial charge in [0.1, 0.15) is 5.60 Å². The van der Waals surface area contributed by atoms with Crippen molar-refractivity contribution in [2.75, 3.05) is 26.9 Å². The van der Waals surface area contributed by atoms with E-state index in [2.05, 4.69) is 20.8 Å². The molecule has 3 nitrogen and oxygen atoms in total. The van der Waals surface area contributed by atoms with Gasteiger partial charge in [-0.2, -0.15) is 0 Å². The Morgan fingerprint density at radius 3 is 2.54 bits per heavy atom. The van der Waals surface area contributed by atoms with Crippen LogP contribution in [0.1, 0.15) is 27.2 Å². The molecule has 0 saturated carbocycles. The molecule has 0 amide bonds. The van der Waals surface area contributed by atoms with Crippen molar-refractivity contribution in [3.8, 4) is 0 Å². The zero-order chi connectivity index (χ0) is 9.95. The quantitative estimate of drug-likeness (QED) is 0.468. The molecule has 1 fully saturated rings. The number of methoxy groups -OCH3 is 1. The van der Waals surface area contributed by atoms with Crippen molar-refractivity contribution in [3.63, 3.8) is 0 Å². The Morgan fingerprint density at radius 2 is 2.08 bits per heavy atom. The van der Waals surface area contributed by atoms with Gasteiger partial charge in [-0.3, -0.25) is 0 Å². The molecule has 0 spiro atoms. The van der Waals surface area contributed by atoms with Gasteiger partial charge < -0.3 is 14.2 Å². The minimum atomic E-state index is -0.0781. The maximum Gasteiger partial charge on any atom is 0.112 e. The van der Waals surface area contributed by atoms with Crippen LogP contribution in [0.2, 0.25) is 0 Å². The van der Waals surface area contributed by atoms with E-state index < -0.39 is 0 Å². The van der Waals surface area contributed by atoms with E-state index in [1.54, 1.807) is 7.11 Å². The maximum atomic E-state index is 5.49. The smallest absolute Gasteiger partial charge is 0.112 e. The summed E-state index contributed by atoms with van der Waals surface area (Å²) in [5, 5.41) is 0. The Hall–Kier alpha value is -0.120. The van der Waals surface area contributed by atoms with Gasteiger partial charge in [0.15, 0.2) is 0 Å². The fourth-order valence-corrected chi connectivity index (χ4v) is 0.915. The lowest BCUT2D eigenvalue weighted by Crippen LogP contribution is -2.25. The fourth-order valence-electron chi connectivity index (χ4n) is 0.915. The second kappa shape index (κ2) is 3.95. The maximum absolute atomic E-state index is 5.49. The van der Waals surface area contributed by atoms with Crippen LogP contribution in [0.3, 0.4) is 0 Å². The van der Waals surface area contributed by atoms with E-state index in [0.717, 1.165) is 19.6 Å². The average molecular weight is 188 g/mol. The standard InChI is InChI=1S/C10H20O3/c1-9(2,11-4)5-6-12-7-10(3)8-13-10/h5-8H2,1-4H3. The minimum absolute atomic E-state index is 0.0111. The minimum Gasteiger partial charge on any atom is -0.379 e. The fraction of sp³-hybridized carbons (Fsp3) is 1.00. The molecular weight excluding hydrogens is 168 g/mol. The number of ether oxygens (including phenoxy) is 3. The van der Waals surface area contributed by atoms with E-state index in [9.17, 15) is 0 Å². The lowest BCUT2D eigenvalue weighted by Gasteiger charge is -2.22. The van der Waals surface area contributed by atoms with Crippen LogP contribution in [0.5, 0.6) is 0 Å². The molecule has 13 heavy (non-hydrogen) atoms. The first-order valence-electron chi connectivity index (χ1n) is 4.74. The van der Waals surface area contributed by atoms with Crippen molar-refractivity contribution in [2.45, 2.75) is 38.4 Å². The largest absolute Gasteiger partial charge is 0.379 e.